The van der Waals surface area contributed by atoms with Crippen LogP contribution in [-0.4, -0.2) is 63.1 Å². The standard InChI is InChI=1S/C34H40N2O5S/c1-6-8-19-41-32(40)28-27-30(38)36(26(21-37)24-12-10-9-11-13-24)29(34(27)17-16-33(28,5)42-34)31(39)35(18-7-2)25-20-22(3)14-15-23(25)4/h6-7,9-15,20,26-29,37H,1-2,8,16-19,21H2,3-5H3/t26-,27+,28-,29?,33+,34?/m1/s1. The van der Waals surface area contributed by atoms with Gasteiger partial charge in [-0.05, 0) is 62.8 Å². The summed E-state index contributed by atoms with van der Waals surface area (Å²) in [5.41, 5.74) is 3.44. The molecule has 3 aliphatic rings. The monoisotopic (exact) mass is 588 g/mol. The van der Waals surface area contributed by atoms with E-state index in [9.17, 15) is 19.5 Å². The third-order valence-corrected chi connectivity index (χ3v) is 11.2. The number of aliphatic hydroxyl groups excluding tert-OH is 1. The van der Waals surface area contributed by atoms with Crippen molar-refractivity contribution in [2.75, 3.05) is 24.7 Å². The molecule has 8 heteroatoms. The SMILES string of the molecule is C=CCCOC(=O)[C@H]1[C@H]2C(=O)N([C@H](CO)c3ccccc3)C(C(=O)N(CC=C)c3cc(C)ccc3C)C23CC[C@]1(C)S3. The number of hydrogen-bond donors (Lipinski definition) is 1. The van der Waals surface area contributed by atoms with Crippen LogP contribution in [0.25, 0.3) is 0 Å². The first kappa shape index (κ1) is 30.1. The Hall–Kier alpha value is -3.36. The lowest BCUT2D eigenvalue weighted by Gasteiger charge is -2.40. The fraction of sp³-hybridized carbons (Fsp3) is 0.441. The molecule has 3 heterocycles. The topological polar surface area (TPSA) is 87.1 Å². The summed E-state index contributed by atoms with van der Waals surface area (Å²) in [6, 6.07) is 13.6. The zero-order valence-electron chi connectivity index (χ0n) is 24.6. The Kier molecular flexibility index (Phi) is 8.41. The van der Waals surface area contributed by atoms with Gasteiger partial charge in [-0.25, -0.2) is 0 Å². The number of amides is 2. The summed E-state index contributed by atoms with van der Waals surface area (Å²) in [6.45, 7) is 13.7. The Balaban J connectivity index is 1.66. The minimum atomic E-state index is -0.898. The summed E-state index contributed by atoms with van der Waals surface area (Å²) >= 11 is 1.59. The van der Waals surface area contributed by atoms with Gasteiger partial charge in [-0.3, -0.25) is 14.4 Å². The van der Waals surface area contributed by atoms with Gasteiger partial charge in [0.25, 0.3) is 5.91 Å². The second-order valence-electron chi connectivity index (χ2n) is 11.9. The van der Waals surface area contributed by atoms with Crippen molar-refractivity contribution in [1.29, 1.82) is 0 Å². The minimum absolute atomic E-state index is 0.197. The van der Waals surface area contributed by atoms with E-state index in [1.165, 1.54) is 0 Å². The first-order valence-corrected chi connectivity index (χ1v) is 15.4. The van der Waals surface area contributed by atoms with Gasteiger partial charge in [0.1, 0.15) is 6.04 Å². The van der Waals surface area contributed by atoms with Gasteiger partial charge in [0.15, 0.2) is 0 Å². The number of ether oxygens (including phenoxy) is 1. The van der Waals surface area contributed by atoms with Gasteiger partial charge >= 0.3 is 5.97 Å². The molecule has 2 amide bonds. The molecule has 3 fully saturated rings. The van der Waals surface area contributed by atoms with Gasteiger partial charge in [0.05, 0.1) is 35.8 Å². The van der Waals surface area contributed by atoms with Crippen molar-refractivity contribution in [3.05, 3.63) is 90.5 Å². The number of esters is 1. The fourth-order valence-corrected chi connectivity index (χ4v) is 9.62. The van der Waals surface area contributed by atoms with E-state index in [0.29, 0.717) is 19.3 Å². The molecule has 1 N–H and O–H groups in total. The quantitative estimate of drug-likeness (QED) is 0.222. The van der Waals surface area contributed by atoms with Crippen molar-refractivity contribution in [3.63, 3.8) is 0 Å². The molecule has 0 aromatic heterocycles. The van der Waals surface area contributed by atoms with Crippen LogP contribution in [0.4, 0.5) is 5.69 Å². The number of likely N-dealkylation sites (tertiary alicyclic amines) is 1. The third-order valence-electron chi connectivity index (χ3n) is 9.19. The van der Waals surface area contributed by atoms with Gasteiger partial charge < -0.3 is 19.6 Å². The molecular weight excluding hydrogens is 548 g/mol. The largest absolute Gasteiger partial charge is 0.465 e. The van der Waals surface area contributed by atoms with Crippen molar-refractivity contribution >= 4 is 35.2 Å². The number of thioether (sulfide) groups is 1. The molecule has 2 bridgehead atoms. The summed E-state index contributed by atoms with van der Waals surface area (Å²) < 4.78 is 4.29. The van der Waals surface area contributed by atoms with E-state index in [4.69, 9.17) is 4.74 Å². The van der Waals surface area contributed by atoms with Crippen molar-refractivity contribution in [2.24, 2.45) is 11.8 Å². The molecule has 5 rings (SSSR count). The molecule has 222 valence electrons. The van der Waals surface area contributed by atoms with Crippen LogP contribution >= 0.6 is 11.8 Å². The van der Waals surface area contributed by atoms with Crippen LogP contribution in [0.2, 0.25) is 0 Å². The van der Waals surface area contributed by atoms with Gasteiger partial charge in [0.2, 0.25) is 5.91 Å². The second kappa shape index (κ2) is 11.7. The molecule has 1 spiro atoms. The lowest BCUT2D eigenvalue weighted by atomic mass is 9.66. The third kappa shape index (κ3) is 4.78. The number of fused-ring (bicyclic) bond motifs is 1. The highest BCUT2D eigenvalue weighted by atomic mass is 32.2. The van der Waals surface area contributed by atoms with E-state index in [1.54, 1.807) is 33.7 Å². The Labute approximate surface area is 252 Å². The lowest BCUT2D eigenvalue weighted by molar-refractivity contribution is -0.156. The highest BCUT2D eigenvalue weighted by Gasteiger charge is 2.78. The molecule has 7 nitrogen and oxygen atoms in total. The summed E-state index contributed by atoms with van der Waals surface area (Å²) in [5.74, 6) is -2.35. The predicted molar refractivity (Wildman–Crippen MR) is 166 cm³/mol. The number of aliphatic hydroxyl groups is 1. The Bertz CT molecular complexity index is 1400. The van der Waals surface area contributed by atoms with Crippen molar-refractivity contribution in [1.82, 2.24) is 4.90 Å². The van der Waals surface area contributed by atoms with Crippen LogP contribution in [-0.2, 0) is 19.1 Å². The van der Waals surface area contributed by atoms with E-state index in [2.05, 4.69) is 13.2 Å². The number of hydrogen-bond acceptors (Lipinski definition) is 6. The van der Waals surface area contributed by atoms with Crippen LogP contribution in [0, 0.1) is 25.7 Å². The molecule has 2 unspecified atom stereocenters. The molecule has 0 saturated carbocycles. The molecule has 0 aliphatic carbocycles. The van der Waals surface area contributed by atoms with E-state index >= 15 is 0 Å². The maximum Gasteiger partial charge on any atom is 0.311 e. The number of carbonyl (C=O) groups is 3. The maximum atomic E-state index is 15.0. The van der Waals surface area contributed by atoms with Crippen LogP contribution in [0.3, 0.4) is 0 Å². The summed E-state index contributed by atoms with van der Waals surface area (Å²) in [5, 5.41) is 10.8. The predicted octanol–water partition coefficient (Wildman–Crippen LogP) is 5.16. The average Bonchev–Trinajstić information content (AvgIpc) is 3.55. The molecule has 0 radical (unpaired) electrons. The normalized spacial score (nSPS) is 28.3. The number of benzene rings is 2. The van der Waals surface area contributed by atoms with Crippen LogP contribution in [0.5, 0.6) is 0 Å². The number of rotatable bonds is 11. The number of aryl methyl sites for hydroxylation is 2. The highest BCUT2D eigenvalue weighted by molar-refractivity contribution is 8.02. The number of carbonyl (C=O) groups excluding carboxylic acids is 3. The van der Waals surface area contributed by atoms with Crippen molar-refractivity contribution < 1.29 is 24.2 Å². The molecule has 3 aliphatic heterocycles. The van der Waals surface area contributed by atoms with E-state index in [1.807, 2.05) is 69.3 Å². The molecule has 42 heavy (non-hydrogen) atoms. The van der Waals surface area contributed by atoms with E-state index in [-0.39, 0.29) is 31.6 Å². The summed E-state index contributed by atoms with van der Waals surface area (Å²) in [7, 11) is 0. The maximum absolute atomic E-state index is 15.0. The van der Waals surface area contributed by atoms with Crippen LogP contribution < -0.4 is 4.90 Å². The van der Waals surface area contributed by atoms with Crippen molar-refractivity contribution in [3.8, 4) is 0 Å². The summed E-state index contributed by atoms with van der Waals surface area (Å²) in [6.07, 6.45) is 5.19. The first-order valence-electron chi connectivity index (χ1n) is 14.6. The Morgan fingerprint density at radius 1 is 1.17 bits per heavy atom. The van der Waals surface area contributed by atoms with Gasteiger partial charge in [-0.1, -0.05) is 54.6 Å². The van der Waals surface area contributed by atoms with E-state index < -0.39 is 39.4 Å². The van der Waals surface area contributed by atoms with Crippen LogP contribution in [0.15, 0.2) is 73.8 Å². The van der Waals surface area contributed by atoms with Gasteiger partial charge in [0, 0.05) is 17.0 Å². The van der Waals surface area contributed by atoms with Crippen LogP contribution in [0.1, 0.15) is 48.9 Å². The Morgan fingerprint density at radius 3 is 2.57 bits per heavy atom. The Morgan fingerprint density at radius 2 is 1.90 bits per heavy atom. The molecule has 2 aromatic carbocycles. The summed E-state index contributed by atoms with van der Waals surface area (Å²) in [4.78, 5) is 46.6. The zero-order chi connectivity index (χ0) is 30.2. The van der Waals surface area contributed by atoms with Gasteiger partial charge in [-0.15, -0.1) is 24.9 Å². The second-order valence-corrected chi connectivity index (χ2v) is 13.8. The minimum Gasteiger partial charge on any atom is -0.465 e. The zero-order valence-corrected chi connectivity index (χ0v) is 25.4. The number of nitrogens with zero attached hydrogens (tertiary/aromatic N) is 2. The van der Waals surface area contributed by atoms with E-state index in [0.717, 1.165) is 22.4 Å². The molecular formula is C34H40N2O5S. The molecule has 3 saturated heterocycles. The molecule has 6 atom stereocenters. The fourth-order valence-electron chi connectivity index (χ4n) is 7.29. The van der Waals surface area contributed by atoms with Crippen molar-refractivity contribution in [2.45, 2.75) is 61.6 Å². The first-order chi connectivity index (χ1) is 20.1. The highest BCUT2D eigenvalue weighted by Crippen LogP contribution is 2.72. The lowest BCUT2D eigenvalue weighted by Crippen LogP contribution is -2.56. The number of anilines is 1. The van der Waals surface area contributed by atoms with Gasteiger partial charge in [-0.2, -0.15) is 0 Å². The average molecular weight is 589 g/mol. The molecule has 2 aromatic rings. The smallest absolute Gasteiger partial charge is 0.311 e.